The molecule has 0 fully saturated rings. The molecule has 5 heteroatoms. The van der Waals surface area contributed by atoms with Gasteiger partial charge in [-0.05, 0) is 25.5 Å². The Bertz CT molecular complexity index is 340. The van der Waals surface area contributed by atoms with Gasteiger partial charge in [-0.2, -0.15) is 0 Å². The van der Waals surface area contributed by atoms with Crippen LogP contribution in [0.4, 0.5) is 5.82 Å². The first kappa shape index (κ1) is 13.0. The molecule has 0 amide bonds. The van der Waals surface area contributed by atoms with Crippen molar-refractivity contribution in [2.75, 3.05) is 24.4 Å². The minimum absolute atomic E-state index is 0.268. The molecule has 0 radical (unpaired) electrons. The summed E-state index contributed by atoms with van der Waals surface area (Å²) in [6, 6.07) is 4.00. The van der Waals surface area contributed by atoms with E-state index in [-0.39, 0.29) is 6.04 Å². The van der Waals surface area contributed by atoms with Gasteiger partial charge in [0.25, 0.3) is 0 Å². The van der Waals surface area contributed by atoms with Crippen LogP contribution in [0.15, 0.2) is 18.3 Å². The van der Waals surface area contributed by atoms with Crippen LogP contribution >= 0.6 is 0 Å². The first-order valence-corrected chi connectivity index (χ1v) is 6.91. The zero-order valence-corrected chi connectivity index (χ0v) is 10.7. The first-order chi connectivity index (χ1) is 7.61. The normalized spacial score (nSPS) is 14.2. The van der Waals surface area contributed by atoms with E-state index in [1.54, 1.807) is 19.6 Å². The Morgan fingerprint density at radius 2 is 2.31 bits per heavy atom. The lowest BCUT2D eigenvalue weighted by atomic mass is 10.2. The number of rotatable bonds is 6. The summed E-state index contributed by atoms with van der Waals surface area (Å²) in [4.78, 5) is 4.20. The standard InChI is InChI=1S/C11H18N2O2S/c1-9(6-7-16(3)14)13-11-5-4-10(15-2)8-12-11/h4-5,8-9H,6-7H2,1-3H3,(H,12,13). The highest BCUT2D eigenvalue weighted by Crippen LogP contribution is 2.12. The molecule has 1 aromatic rings. The molecule has 0 saturated carbocycles. The highest BCUT2D eigenvalue weighted by atomic mass is 32.2. The van der Waals surface area contributed by atoms with Gasteiger partial charge in [0, 0.05) is 28.9 Å². The molecule has 1 rings (SSSR count). The molecule has 0 aliphatic carbocycles. The van der Waals surface area contributed by atoms with Crippen molar-refractivity contribution in [1.82, 2.24) is 4.98 Å². The molecular formula is C11H18N2O2S. The van der Waals surface area contributed by atoms with Crippen molar-refractivity contribution in [1.29, 1.82) is 0 Å². The van der Waals surface area contributed by atoms with Crippen molar-refractivity contribution in [3.05, 3.63) is 18.3 Å². The molecule has 2 atom stereocenters. The third kappa shape index (κ3) is 4.61. The topological polar surface area (TPSA) is 51.2 Å². The van der Waals surface area contributed by atoms with Crippen LogP contribution in [0, 0.1) is 0 Å². The number of aromatic nitrogens is 1. The van der Waals surface area contributed by atoms with Crippen LogP contribution < -0.4 is 10.1 Å². The van der Waals surface area contributed by atoms with Crippen LogP contribution in [0.3, 0.4) is 0 Å². The second-order valence-electron chi connectivity index (χ2n) is 3.69. The van der Waals surface area contributed by atoms with E-state index in [4.69, 9.17) is 4.74 Å². The summed E-state index contributed by atoms with van der Waals surface area (Å²) in [6.07, 6.45) is 4.27. The number of ether oxygens (including phenoxy) is 1. The highest BCUT2D eigenvalue weighted by molar-refractivity contribution is 7.84. The lowest BCUT2D eigenvalue weighted by molar-refractivity contribution is 0.413. The van der Waals surface area contributed by atoms with E-state index >= 15 is 0 Å². The van der Waals surface area contributed by atoms with Crippen molar-refractivity contribution in [2.45, 2.75) is 19.4 Å². The maximum absolute atomic E-state index is 10.9. The predicted molar refractivity (Wildman–Crippen MR) is 67.4 cm³/mol. The Labute approximate surface area is 98.9 Å². The number of hydrogen-bond acceptors (Lipinski definition) is 4. The zero-order chi connectivity index (χ0) is 12.0. The molecule has 0 saturated heterocycles. The smallest absolute Gasteiger partial charge is 0.137 e. The molecular weight excluding hydrogens is 224 g/mol. The second kappa shape index (κ2) is 6.48. The van der Waals surface area contributed by atoms with Gasteiger partial charge < -0.3 is 10.1 Å². The first-order valence-electron chi connectivity index (χ1n) is 5.18. The highest BCUT2D eigenvalue weighted by Gasteiger charge is 2.04. The van der Waals surface area contributed by atoms with Gasteiger partial charge >= 0.3 is 0 Å². The second-order valence-corrected chi connectivity index (χ2v) is 5.25. The largest absolute Gasteiger partial charge is 0.495 e. The number of methoxy groups -OCH3 is 1. The van der Waals surface area contributed by atoms with E-state index in [0.29, 0.717) is 5.75 Å². The number of anilines is 1. The van der Waals surface area contributed by atoms with Crippen molar-refractivity contribution >= 4 is 16.6 Å². The van der Waals surface area contributed by atoms with E-state index in [1.165, 1.54) is 0 Å². The van der Waals surface area contributed by atoms with Crippen LogP contribution in [0.2, 0.25) is 0 Å². The van der Waals surface area contributed by atoms with Gasteiger partial charge in [-0.3, -0.25) is 4.21 Å². The summed E-state index contributed by atoms with van der Waals surface area (Å²) in [5.74, 6) is 2.27. The van der Waals surface area contributed by atoms with E-state index in [9.17, 15) is 4.21 Å². The van der Waals surface area contributed by atoms with Gasteiger partial charge in [0.1, 0.15) is 11.6 Å². The van der Waals surface area contributed by atoms with E-state index < -0.39 is 10.8 Å². The zero-order valence-electron chi connectivity index (χ0n) is 9.90. The number of nitrogens with one attached hydrogen (secondary N) is 1. The fourth-order valence-corrected chi connectivity index (χ4v) is 1.94. The molecule has 0 aliphatic rings. The summed E-state index contributed by atoms with van der Waals surface area (Å²) < 4.78 is 16.0. The van der Waals surface area contributed by atoms with Crippen molar-refractivity contribution in [3.63, 3.8) is 0 Å². The summed E-state index contributed by atoms with van der Waals surface area (Å²) >= 11 is 0. The van der Waals surface area contributed by atoms with Gasteiger partial charge in [-0.15, -0.1) is 0 Å². The van der Waals surface area contributed by atoms with E-state index in [1.807, 2.05) is 12.1 Å². The molecule has 2 unspecified atom stereocenters. The Balaban J connectivity index is 2.43. The van der Waals surface area contributed by atoms with Gasteiger partial charge in [-0.25, -0.2) is 4.98 Å². The predicted octanol–water partition coefficient (Wildman–Crippen LogP) is 1.66. The quantitative estimate of drug-likeness (QED) is 0.824. The maximum Gasteiger partial charge on any atom is 0.137 e. The monoisotopic (exact) mass is 242 g/mol. The Morgan fingerprint density at radius 3 is 2.81 bits per heavy atom. The molecule has 16 heavy (non-hydrogen) atoms. The Morgan fingerprint density at radius 1 is 1.56 bits per heavy atom. The van der Waals surface area contributed by atoms with Crippen molar-refractivity contribution < 1.29 is 8.95 Å². The molecule has 1 aromatic heterocycles. The molecule has 0 bridgehead atoms. The van der Waals surface area contributed by atoms with Gasteiger partial charge in [0.15, 0.2) is 0 Å². The third-order valence-corrected chi connectivity index (χ3v) is 3.02. The molecule has 0 aliphatic heterocycles. The molecule has 4 nitrogen and oxygen atoms in total. The van der Waals surface area contributed by atoms with Crippen LogP contribution in [-0.4, -0.2) is 34.4 Å². The average molecular weight is 242 g/mol. The lowest BCUT2D eigenvalue weighted by Crippen LogP contribution is -2.18. The van der Waals surface area contributed by atoms with E-state index in [2.05, 4.69) is 17.2 Å². The molecule has 90 valence electrons. The Kier molecular flexibility index (Phi) is 5.25. The average Bonchev–Trinajstić information content (AvgIpc) is 2.27. The fourth-order valence-electron chi connectivity index (χ4n) is 1.25. The maximum atomic E-state index is 10.9. The lowest BCUT2D eigenvalue weighted by Gasteiger charge is -2.13. The van der Waals surface area contributed by atoms with Gasteiger partial charge in [-0.1, -0.05) is 0 Å². The number of pyridine rings is 1. The fraction of sp³-hybridized carbons (Fsp3) is 0.545. The van der Waals surface area contributed by atoms with Crippen LogP contribution in [0.1, 0.15) is 13.3 Å². The van der Waals surface area contributed by atoms with Crippen molar-refractivity contribution in [2.24, 2.45) is 0 Å². The summed E-state index contributed by atoms with van der Waals surface area (Å²) in [7, 11) is 0.885. The van der Waals surface area contributed by atoms with Crippen molar-refractivity contribution in [3.8, 4) is 5.75 Å². The van der Waals surface area contributed by atoms with E-state index in [0.717, 1.165) is 18.0 Å². The third-order valence-electron chi connectivity index (χ3n) is 2.20. The van der Waals surface area contributed by atoms with Crippen LogP contribution in [0.5, 0.6) is 5.75 Å². The molecule has 0 spiro atoms. The molecule has 1 heterocycles. The van der Waals surface area contributed by atoms with Crippen LogP contribution in [-0.2, 0) is 10.8 Å². The van der Waals surface area contributed by atoms with Crippen LogP contribution in [0.25, 0.3) is 0 Å². The summed E-state index contributed by atoms with van der Waals surface area (Å²) in [5.41, 5.74) is 0. The molecule has 1 N–H and O–H groups in total. The Hall–Kier alpha value is -1.10. The number of hydrogen-bond donors (Lipinski definition) is 1. The summed E-state index contributed by atoms with van der Waals surface area (Å²) in [5, 5.41) is 3.25. The molecule has 0 aromatic carbocycles. The van der Waals surface area contributed by atoms with Gasteiger partial charge in [0.05, 0.1) is 13.3 Å². The summed E-state index contributed by atoms with van der Waals surface area (Å²) in [6.45, 7) is 2.05. The minimum atomic E-state index is -0.730. The van der Waals surface area contributed by atoms with Gasteiger partial charge in [0.2, 0.25) is 0 Å². The minimum Gasteiger partial charge on any atom is -0.495 e. The SMILES string of the molecule is COc1ccc(NC(C)CCS(C)=O)nc1. The number of nitrogens with zero attached hydrogens (tertiary/aromatic N) is 1.